The molecule has 0 radical (unpaired) electrons. The van der Waals surface area contributed by atoms with Gasteiger partial charge in [-0.3, -0.25) is 4.98 Å². The number of hydrogen-bond donors (Lipinski definition) is 2. The number of nitrogens with one attached hydrogen (secondary N) is 1. The molecule has 2 N–H and O–H groups in total. The van der Waals surface area contributed by atoms with Gasteiger partial charge in [-0.05, 0) is 48.0 Å². The van der Waals surface area contributed by atoms with Crippen molar-refractivity contribution in [2.24, 2.45) is 5.10 Å². The quantitative estimate of drug-likeness (QED) is 0.404. The molecule has 0 aliphatic rings. The average molecular weight is 367 g/mol. The van der Waals surface area contributed by atoms with Crippen molar-refractivity contribution in [3.05, 3.63) is 90.8 Å². The van der Waals surface area contributed by atoms with Crippen LogP contribution in [0.3, 0.4) is 0 Å². The summed E-state index contributed by atoms with van der Waals surface area (Å²) in [6.07, 6.45) is 5.11. The maximum absolute atomic E-state index is 9.35. The van der Waals surface area contributed by atoms with Gasteiger partial charge in [0.05, 0.1) is 17.6 Å². The van der Waals surface area contributed by atoms with Crippen LogP contribution in [-0.4, -0.2) is 26.3 Å². The zero-order chi connectivity index (χ0) is 19.2. The van der Waals surface area contributed by atoms with Crippen LogP contribution in [0, 0.1) is 0 Å². The number of aromatic nitrogens is 3. The second-order valence-electron chi connectivity index (χ2n) is 6.03. The summed E-state index contributed by atoms with van der Waals surface area (Å²) in [5.74, 6) is 0.606. The van der Waals surface area contributed by atoms with Gasteiger partial charge in [0, 0.05) is 23.5 Å². The highest BCUT2D eigenvalue weighted by molar-refractivity contribution is 5.80. The van der Waals surface area contributed by atoms with Gasteiger partial charge in [0.15, 0.2) is 0 Å². The number of benzene rings is 2. The van der Waals surface area contributed by atoms with Crippen LogP contribution in [0.25, 0.3) is 22.5 Å². The number of phenolic OH excluding ortho intramolecular Hbond substituents is 1. The summed E-state index contributed by atoms with van der Waals surface area (Å²) in [4.78, 5) is 13.2. The van der Waals surface area contributed by atoms with Crippen LogP contribution in [0.4, 0.5) is 5.95 Å². The number of pyridine rings is 1. The third-order valence-electron chi connectivity index (χ3n) is 4.04. The third kappa shape index (κ3) is 4.19. The lowest BCUT2D eigenvalue weighted by atomic mass is 10.1. The van der Waals surface area contributed by atoms with Gasteiger partial charge in [-0.25, -0.2) is 15.4 Å². The van der Waals surface area contributed by atoms with Gasteiger partial charge in [-0.1, -0.05) is 30.3 Å². The van der Waals surface area contributed by atoms with E-state index in [1.807, 2.05) is 48.5 Å². The maximum Gasteiger partial charge on any atom is 0.244 e. The van der Waals surface area contributed by atoms with E-state index in [9.17, 15) is 5.11 Å². The average Bonchev–Trinajstić information content (AvgIpc) is 2.76. The molecule has 0 spiro atoms. The first-order chi connectivity index (χ1) is 13.8. The normalized spacial score (nSPS) is 10.9. The van der Waals surface area contributed by atoms with E-state index in [-0.39, 0.29) is 5.75 Å². The first kappa shape index (κ1) is 17.4. The Morgan fingerprint density at radius 1 is 0.786 bits per heavy atom. The second kappa shape index (κ2) is 8.09. The first-order valence-corrected chi connectivity index (χ1v) is 8.71. The number of phenols is 1. The fraction of sp³-hybridized carbons (Fsp3) is 0. The largest absolute Gasteiger partial charge is 0.508 e. The smallest absolute Gasteiger partial charge is 0.244 e. The highest BCUT2D eigenvalue weighted by atomic mass is 16.3. The zero-order valence-electron chi connectivity index (χ0n) is 14.9. The summed E-state index contributed by atoms with van der Waals surface area (Å²) in [5, 5.41) is 13.6. The molecule has 0 unspecified atom stereocenters. The van der Waals surface area contributed by atoms with Gasteiger partial charge >= 0.3 is 0 Å². The number of rotatable bonds is 5. The molecule has 0 fully saturated rings. The lowest BCUT2D eigenvalue weighted by Crippen LogP contribution is -2.00. The van der Waals surface area contributed by atoms with E-state index in [1.54, 1.807) is 42.9 Å². The monoisotopic (exact) mass is 367 g/mol. The molecule has 0 atom stereocenters. The van der Waals surface area contributed by atoms with E-state index in [2.05, 4.69) is 25.5 Å². The van der Waals surface area contributed by atoms with Crippen molar-refractivity contribution in [1.82, 2.24) is 15.0 Å². The highest BCUT2D eigenvalue weighted by Gasteiger charge is 2.08. The Hall–Kier alpha value is -4.06. The summed E-state index contributed by atoms with van der Waals surface area (Å²) in [6.45, 7) is 0. The Morgan fingerprint density at radius 2 is 1.43 bits per heavy atom. The number of nitrogens with zero attached hydrogens (tertiary/aromatic N) is 4. The molecule has 0 aliphatic carbocycles. The number of aromatic hydroxyl groups is 1. The van der Waals surface area contributed by atoms with Crippen molar-refractivity contribution in [2.75, 3.05) is 5.43 Å². The molecule has 28 heavy (non-hydrogen) atoms. The van der Waals surface area contributed by atoms with Gasteiger partial charge < -0.3 is 5.11 Å². The van der Waals surface area contributed by atoms with Gasteiger partial charge in [-0.15, -0.1) is 0 Å². The Bertz CT molecular complexity index is 1020. The van der Waals surface area contributed by atoms with Gasteiger partial charge in [0.2, 0.25) is 5.95 Å². The standard InChI is InChI=1S/C22H17N5O/c28-19-8-6-16(7-9-19)15-24-27-22-25-20(17-4-2-1-3-5-17)14-21(26-22)18-10-12-23-13-11-18/h1-15,28H,(H,25,26,27). The molecular weight excluding hydrogens is 350 g/mol. The van der Waals surface area contributed by atoms with Gasteiger partial charge in [-0.2, -0.15) is 5.10 Å². The van der Waals surface area contributed by atoms with Gasteiger partial charge in [0.1, 0.15) is 5.75 Å². The van der Waals surface area contributed by atoms with Crippen LogP contribution in [0.1, 0.15) is 5.56 Å². The number of hydrazone groups is 1. The topological polar surface area (TPSA) is 83.3 Å². The molecular formula is C22H17N5O. The van der Waals surface area contributed by atoms with Crippen LogP contribution in [-0.2, 0) is 0 Å². The molecule has 0 aliphatic heterocycles. The Kier molecular flexibility index (Phi) is 5.02. The molecule has 136 valence electrons. The van der Waals surface area contributed by atoms with Crippen molar-refractivity contribution >= 4 is 12.2 Å². The summed E-state index contributed by atoms with van der Waals surface area (Å²) in [5.41, 5.74) is 7.25. The van der Waals surface area contributed by atoms with Crippen molar-refractivity contribution in [2.45, 2.75) is 0 Å². The molecule has 0 saturated heterocycles. The van der Waals surface area contributed by atoms with Crippen molar-refractivity contribution < 1.29 is 5.11 Å². The minimum Gasteiger partial charge on any atom is -0.508 e. The fourth-order valence-corrected chi connectivity index (χ4v) is 2.65. The molecule has 2 aromatic heterocycles. The van der Waals surface area contributed by atoms with E-state index in [0.717, 1.165) is 28.1 Å². The van der Waals surface area contributed by atoms with E-state index >= 15 is 0 Å². The summed E-state index contributed by atoms with van der Waals surface area (Å²) >= 11 is 0. The van der Waals surface area contributed by atoms with Crippen molar-refractivity contribution in [1.29, 1.82) is 0 Å². The SMILES string of the molecule is Oc1ccc(C=NNc2nc(-c3ccccc3)cc(-c3ccncc3)n2)cc1. The van der Waals surface area contributed by atoms with Crippen LogP contribution < -0.4 is 5.43 Å². The zero-order valence-corrected chi connectivity index (χ0v) is 14.9. The Morgan fingerprint density at radius 3 is 2.11 bits per heavy atom. The predicted octanol–water partition coefficient (Wildman–Crippen LogP) is 4.36. The van der Waals surface area contributed by atoms with Crippen LogP contribution in [0.5, 0.6) is 5.75 Å². The fourth-order valence-electron chi connectivity index (χ4n) is 2.65. The van der Waals surface area contributed by atoms with Crippen LogP contribution in [0.2, 0.25) is 0 Å². The molecule has 0 bridgehead atoms. The Labute approximate surface area is 162 Å². The van der Waals surface area contributed by atoms with Crippen LogP contribution >= 0.6 is 0 Å². The van der Waals surface area contributed by atoms with Crippen molar-refractivity contribution in [3.8, 4) is 28.3 Å². The molecule has 2 aromatic carbocycles. The summed E-state index contributed by atoms with van der Waals surface area (Å²) < 4.78 is 0. The molecule has 2 heterocycles. The van der Waals surface area contributed by atoms with E-state index in [4.69, 9.17) is 0 Å². The minimum absolute atomic E-state index is 0.214. The molecule has 0 saturated carbocycles. The van der Waals surface area contributed by atoms with Crippen molar-refractivity contribution in [3.63, 3.8) is 0 Å². The van der Waals surface area contributed by atoms with Gasteiger partial charge in [0.25, 0.3) is 0 Å². The molecule has 4 rings (SSSR count). The minimum atomic E-state index is 0.214. The first-order valence-electron chi connectivity index (χ1n) is 8.71. The lowest BCUT2D eigenvalue weighted by Gasteiger charge is -2.08. The van der Waals surface area contributed by atoms with E-state index in [0.29, 0.717) is 5.95 Å². The third-order valence-corrected chi connectivity index (χ3v) is 4.04. The molecule has 0 amide bonds. The lowest BCUT2D eigenvalue weighted by molar-refractivity contribution is 0.475. The molecule has 6 heteroatoms. The molecule has 4 aromatic rings. The summed E-state index contributed by atoms with van der Waals surface area (Å²) in [6, 6.07) is 22.4. The Balaban J connectivity index is 1.66. The summed E-state index contributed by atoms with van der Waals surface area (Å²) in [7, 11) is 0. The number of anilines is 1. The van der Waals surface area contributed by atoms with E-state index in [1.165, 1.54) is 0 Å². The second-order valence-corrected chi connectivity index (χ2v) is 6.03. The number of hydrogen-bond acceptors (Lipinski definition) is 6. The maximum atomic E-state index is 9.35. The highest BCUT2D eigenvalue weighted by Crippen LogP contribution is 2.24. The van der Waals surface area contributed by atoms with E-state index < -0.39 is 0 Å². The van der Waals surface area contributed by atoms with Crippen LogP contribution in [0.15, 0.2) is 90.3 Å². The molecule has 6 nitrogen and oxygen atoms in total. The predicted molar refractivity (Wildman–Crippen MR) is 110 cm³/mol.